The number of amides is 1. The van der Waals surface area contributed by atoms with Crippen molar-refractivity contribution in [3.8, 4) is 23.2 Å². The van der Waals surface area contributed by atoms with Crippen molar-refractivity contribution in [2.45, 2.75) is 31.3 Å². The Bertz CT molecular complexity index is 1720. The first kappa shape index (κ1) is 28.0. The maximum Gasteiger partial charge on any atom is 0.319 e. The van der Waals surface area contributed by atoms with Crippen LogP contribution in [0.25, 0.3) is 32.1 Å². The molecular weight excluding hydrogens is 558 g/mol. The van der Waals surface area contributed by atoms with Gasteiger partial charge in [0.25, 0.3) is 0 Å². The second kappa shape index (κ2) is 11.6. The van der Waals surface area contributed by atoms with Crippen LogP contribution in [0, 0.1) is 22.3 Å². The molecule has 2 aliphatic rings. The van der Waals surface area contributed by atoms with E-state index in [-0.39, 0.29) is 41.1 Å². The van der Waals surface area contributed by atoms with Gasteiger partial charge in [0.2, 0.25) is 5.91 Å². The third kappa shape index (κ3) is 5.16. The number of anilines is 1. The van der Waals surface area contributed by atoms with Crippen LogP contribution in [-0.4, -0.2) is 77.6 Å². The minimum Gasteiger partial charge on any atom is -0.462 e. The predicted molar refractivity (Wildman–Crippen MR) is 160 cm³/mol. The van der Waals surface area contributed by atoms with Gasteiger partial charge in [0, 0.05) is 46.9 Å². The first-order valence-electron chi connectivity index (χ1n) is 13.9. The third-order valence-corrected chi connectivity index (χ3v) is 9.19. The van der Waals surface area contributed by atoms with Gasteiger partial charge in [0.1, 0.15) is 17.9 Å². The minimum atomic E-state index is -0.547. The van der Waals surface area contributed by atoms with Crippen LogP contribution in [0.5, 0.6) is 6.01 Å². The van der Waals surface area contributed by atoms with Crippen LogP contribution in [0.1, 0.15) is 19.3 Å². The number of nitrogens with zero attached hydrogens (tertiary/aromatic N) is 6. The normalized spacial score (nSPS) is 19.4. The smallest absolute Gasteiger partial charge is 0.319 e. The van der Waals surface area contributed by atoms with Crippen molar-refractivity contribution in [3.63, 3.8) is 0 Å². The lowest BCUT2D eigenvalue weighted by Crippen LogP contribution is -2.55. The van der Waals surface area contributed by atoms with Gasteiger partial charge < -0.3 is 19.4 Å². The topological polar surface area (TPSA) is 85.6 Å². The first-order chi connectivity index (χ1) is 20.4. The van der Waals surface area contributed by atoms with E-state index in [0.717, 1.165) is 30.7 Å². The maximum absolute atomic E-state index is 16.5. The van der Waals surface area contributed by atoms with Crippen molar-refractivity contribution in [2.24, 2.45) is 0 Å². The van der Waals surface area contributed by atoms with Gasteiger partial charge in [-0.05, 0) is 50.0 Å². The highest BCUT2D eigenvalue weighted by molar-refractivity contribution is 7.18. The molecule has 0 bridgehead atoms. The molecule has 0 spiro atoms. The summed E-state index contributed by atoms with van der Waals surface area (Å²) in [7, 11) is 2.05. The monoisotopic (exact) mass is 588 g/mol. The Morgan fingerprint density at radius 2 is 2.05 bits per heavy atom. The summed E-state index contributed by atoms with van der Waals surface area (Å²) in [5, 5.41) is 10.3. The largest absolute Gasteiger partial charge is 0.462 e. The molecule has 2 aromatic heterocycles. The number of carbonyl (C=O) groups is 1. The molecule has 8 nitrogen and oxygen atoms in total. The second-order valence-corrected chi connectivity index (χ2v) is 11.7. The number of benzene rings is 2. The van der Waals surface area contributed by atoms with Gasteiger partial charge in [-0.3, -0.25) is 4.79 Å². The molecule has 0 saturated carbocycles. The Kier molecular flexibility index (Phi) is 7.75. The summed E-state index contributed by atoms with van der Waals surface area (Å²) in [6.45, 7) is 6.07. The van der Waals surface area contributed by atoms with Crippen molar-refractivity contribution < 1.29 is 18.3 Å². The van der Waals surface area contributed by atoms with Gasteiger partial charge in [0.15, 0.2) is 10.9 Å². The van der Waals surface area contributed by atoms with E-state index in [0.29, 0.717) is 58.7 Å². The van der Waals surface area contributed by atoms with Crippen molar-refractivity contribution in [1.82, 2.24) is 19.8 Å². The van der Waals surface area contributed by atoms with E-state index < -0.39 is 5.82 Å². The highest BCUT2D eigenvalue weighted by Crippen LogP contribution is 2.39. The molecule has 42 heavy (non-hydrogen) atoms. The van der Waals surface area contributed by atoms with Crippen molar-refractivity contribution in [1.29, 1.82) is 5.26 Å². The third-order valence-electron chi connectivity index (χ3n) is 8.21. The van der Waals surface area contributed by atoms with Crippen molar-refractivity contribution >= 4 is 44.1 Å². The Labute approximate surface area is 246 Å². The predicted octanol–water partition coefficient (Wildman–Crippen LogP) is 5.38. The standard InChI is InChI=1S/C31H30F2N6O2S/c1-3-26(40)39-15-14-38(17-20(39)11-12-34)30-24-10-9-22(23-8-4-6-19-16-25(32)42-29(19)23)27(33)28(24)35-31(36-30)41-18-21-7-5-13-37(21)2/h3-4,6,8-10,16,20-21H,1,5,7,11,13-15,17-18H2,2H3/t20-,21-/m0/s1. The van der Waals surface area contributed by atoms with Gasteiger partial charge in [-0.25, -0.2) is 4.39 Å². The molecule has 2 fully saturated rings. The van der Waals surface area contributed by atoms with Crippen LogP contribution in [0.2, 0.25) is 0 Å². The number of ether oxygens (including phenoxy) is 1. The average Bonchev–Trinajstić information content (AvgIpc) is 3.59. The molecule has 0 N–H and O–H groups in total. The van der Waals surface area contributed by atoms with Crippen molar-refractivity contribution in [3.05, 3.63) is 60.0 Å². The van der Waals surface area contributed by atoms with E-state index in [1.54, 1.807) is 35.2 Å². The Morgan fingerprint density at radius 3 is 2.81 bits per heavy atom. The van der Waals surface area contributed by atoms with Gasteiger partial charge in [-0.15, -0.1) is 11.3 Å². The number of fused-ring (bicyclic) bond motifs is 2. The number of likely N-dealkylation sites (N-methyl/N-ethyl adjacent to an activating group) is 1. The number of nitriles is 1. The number of likely N-dealkylation sites (tertiary alicyclic amines) is 1. The Morgan fingerprint density at radius 1 is 1.19 bits per heavy atom. The molecular formula is C31H30F2N6O2S. The number of halogens is 2. The lowest BCUT2D eigenvalue weighted by molar-refractivity contribution is -0.128. The summed E-state index contributed by atoms with van der Waals surface area (Å²) < 4.78 is 37.3. The fourth-order valence-electron chi connectivity index (χ4n) is 5.98. The van der Waals surface area contributed by atoms with Crippen molar-refractivity contribution in [2.75, 3.05) is 44.7 Å². The van der Waals surface area contributed by atoms with E-state index in [2.05, 4.69) is 22.5 Å². The molecule has 2 aliphatic heterocycles. The average molecular weight is 589 g/mol. The molecule has 6 rings (SSSR count). The summed E-state index contributed by atoms with van der Waals surface area (Å²) in [6, 6.07) is 12.3. The molecule has 2 saturated heterocycles. The molecule has 4 heterocycles. The first-order valence-corrected chi connectivity index (χ1v) is 14.8. The van der Waals surface area contributed by atoms with Gasteiger partial charge in [-0.2, -0.15) is 19.6 Å². The summed E-state index contributed by atoms with van der Waals surface area (Å²) in [4.78, 5) is 27.6. The molecule has 216 valence electrons. The number of aromatic nitrogens is 2. The molecule has 11 heteroatoms. The van der Waals surface area contributed by atoms with Crippen LogP contribution in [0.15, 0.2) is 49.1 Å². The van der Waals surface area contributed by atoms with Crippen LogP contribution < -0.4 is 9.64 Å². The van der Waals surface area contributed by atoms with E-state index in [4.69, 9.17) is 9.72 Å². The number of hydrogen-bond donors (Lipinski definition) is 0. The number of piperazine rings is 1. The zero-order valence-electron chi connectivity index (χ0n) is 23.2. The number of thiophene rings is 1. The molecule has 2 aromatic carbocycles. The number of rotatable bonds is 7. The summed E-state index contributed by atoms with van der Waals surface area (Å²) in [5.41, 5.74) is 0.995. The SMILES string of the molecule is C=CC(=O)N1CCN(c2nc(OC[C@@H]3CCCN3C)nc3c(F)c(-c4cccc5cc(F)sc45)ccc23)C[C@@H]1CC#N. The molecule has 0 radical (unpaired) electrons. The van der Waals surface area contributed by atoms with Crippen LogP contribution in [-0.2, 0) is 4.79 Å². The van der Waals surface area contributed by atoms with E-state index >= 15 is 4.39 Å². The Balaban J connectivity index is 1.44. The van der Waals surface area contributed by atoms with E-state index in [9.17, 15) is 14.4 Å². The van der Waals surface area contributed by atoms with Gasteiger partial charge in [0.05, 0.1) is 18.5 Å². The van der Waals surface area contributed by atoms with Gasteiger partial charge in [-0.1, -0.05) is 30.8 Å². The van der Waals surface area contributed by atoms with E-state index in [1.807, 2.05) is 11.9 Å². The second-order valence-electron chi connectivity index (χ2n) is 10.7. The summed E-state index contributed by atoms with van der Waals surface area (Å²) >= 11 is 0.979. The van der Waals surface area contributed by atoms with Crippen LogP contribution in [0.4, 0.5) is 14.6 Å². The highest BCUT2D eigenvalue weighted by atomic mass is 32.1. The number of hydrogen-bond acceptors (Lipinski definition) is 8. The zero-order valence-corrected chi connectivity index (χ0v) is 24.0. The molecule has 0 aliphatic carbocycles. The molecule has 1 amide bonds. The maximum atomic E-state index is 16.5. The van der Waals surface area contributed by atoms with Crippen LogP contribution >= 0.6 is 11.3 Å². The lowest BCUT2D eigenvalue weighted by Gasteiger charge is -2.41. The minimum absolute atomic E-state index is 0.0654. The fraction of sp³-hybridized carbons (Fsp3) is 0.355. The highest BCUT2D eigenvalue weighted by Gasteiger charge is 2.32. The summed E-state index contributed by atoms with van der Waals surface area (Å²) in [6.07, 6.45) is 3.46. The molecule has 0 unspecified atom stereocenters. The lowest BCUT2D eigenvalue weighted by atomic mass is 10.0. The molecule has 2 atom stereocenters. The van der Waals surface area contributed by atoms with Gasteiger partial charge >= 0.3 is 6.01 Å². The van der Waals surface area contributed by atoms with Crippen LogP contribution in [0.3, 0.4) is 0 Å². The molecule has 4 aromatic rings. The Hall–Kier alpha value is -4.14. The van der Waals surface area contributed by atoms with E-state index in [1.165, 1.54) is 12.1 Å². The zero-order chi connectivity index (χ0) is 29.4. The fourth-order valence-corrected chi connectivity index (χ4v) is 6.89. The summed E-state index contributed by atoms with van der Waals surface area (Å²) in [5.74, 6) is -0.300. The number of carbonyl (C=O) groups excluding carboxylic acids is 1. The quantitative estimate of drug-likeness (QED) is 0.268.